The Labute approximate surface area is 149 Å². The maximum absolute atomic E-state index is 12.9. The largest absolute Gasteiger partial charge is 0.497 e. The Morgan fingerprint density at radius 2 is 1.81 bits per heavy atom. The quantitative estimate of drug-likeness (QED) is 0.774. The molecule has 0 saturated carbocycles. The van der Waals surface area contributed by atoms with E-state index in [9.17, 15) is 14.4 Å². The Balaban J connectivity index is 1.82. The summed E-state index contributed by atoms with van der Waals surface area (Å²) in [5.41, 5.74) is -0.0203. The highest BCUT2D eigenvalue weighted by Gasteiger charge is 2.27. The molecule has 1 aliphatic rings. The molecule has 0 N–H and O–H groups in total. The van der Waals surface area contributed by atoms with Crippen LogP contribution in [0, 0.1) is 0 Å². The summed E-state index contributed by atoms with van der Waals surface area (Å²) in [6.07, 6.45) is -0.377. The molecule has 8 heteroatoms. The molecule has 0 spiro atoms. The van der Waals surface area contributed by atoms with Gasteiger partial charge in [-0.1, -0.05) is 0 Å². The molecule has 2 heterocycles. The summed E-state index contributed by atoms with van der Waals surface area (Å²) in [6.45, 7) is 3.58. The number of piperazine rings is 1. The van der Waals surface area contributed by atoms with Gasteiger partial charge in [0.15, 0.2) is 0 Å². The summed E-state index contributed by atoms with van der Waals surface area (Å²) >= 11 is 0. The molecule has 3 rings (SSSR count). The number of carbonyl (C=O) groups is 2. The number of carbonyl (C=O) groups excluding carboxylic acids is 2. The first kappa shape index (κ1) is 17.8. The van der Waals surface area contributed by atoms with Crippen LogP contribution in [0.1, 0.15) is 17.3 Å². The van der Waals surface area contributed by atoms with Crippen LogP contribution in [0.2, 0.25) is 0 Å². The molecule has 138 valence electrons. The highest BCUT2D eigenvalue weighted by atomic mass is 16.6. The zero-order chi connectivity index (χ0) is 18.7. The van der Waals surface area contributed by atoms with Crippen LogP contribution in [0.25, 0.3) is 11.0 Å². The van der Waals surface area contributed by atoms with E-state index < -0.39 is 5.63 Å². The van der Waals surface area contributed by atoms with Crippen molar-refractivity contribution in [1.82, 2.24) is 9.80 Å². The molecule has 1 aliphatic heterocycles. The number of nitrogens with zero attached hydrogens (tertiary/aromatic N) is 2. The van der Waals surface area contributed by atoms with Crippen LogP contribution < -0.4 is 10.4 Å². The third kappa shape index (κ3) is 3.49. The average molecular weight is 360 g/mol. The van der Waals surface area contributed by atoms with Gasteiger partial charge in [0.25, 0.3) is 5.91 Å². The fourth-order valence-electron chi connectivity index (χ4n) is 2.92. The maximum atomic E-state index is 12.9. The molecular formula is C18H20N2O6. The monoisotopic (exact) mass is 360 g/mol. The third-order valence-electron chi connectivity index (χ3n) is 4.27. The van der Waals surface area contributed by atoms with Crippen molar-refractivity contribution >= 4 is 23.0 Å². The van der Waals surface area contributed by atoms with Crippen molar-refractivity contribution in [2.45, 2.75) is 6.92 Å². The van der Waals surface area contributed by atoms with E-state index in [1.54, 1.807) is 34.9 Å². The van der Waals surface area contributed by atoms with Crippen LogP contribution in [-0.4, -0.2) is 61.7 Å². The van der Waals surface area contributed by atoms with Crippen molar-refractivity contribution in [3.8, 4) is 5.75 Å². The van der Waals surface area contributed by atoms with E-state index >= 15 is 0 Å². The molecule has 0 unspecified atom stereocenters. The van der Waals surface area contributed by atoms with Gasteiger partial charge in [0.2, 0.25) is 0 Å². The summed E-state index contributed by atoms with van der Waals surface area (Å²) in [5, 5.41) is 0.545. The van der Waals surface area contributed by atoms with Crippen LogP contribution in [0.15, 0.2) is 33.5 Å². The number of hydrogen-bond acceptors (Lipinski definition) is 6. The molecule has 0 atom stereocenters. The minimum Gasteiger partial charge on any atom is -0.497 e. The first-order valence-corrected chi connectivity index (χ1v) is 8.36. The number of methoxy groups -OCH3 is 1. The van der Waals surface area contributed by atoms with Crippen LogP contribution in [-0.2, 0) is 4.74 Å². The van der Waals surface area contributed by atoms with Gasteiger partial charge >= 0.3 is 11.7 Å². The number of benzene rings is 1. The number of ether oxygens (including phenoxy) is 2. The maximum Gasteiger partial charge on any atom is 0.409 e. The number of hydrogen-bond donors (Lipinski definition) is 0. The van der Waals surface area contributed by atoms with Crippen LogP contribution in [0.4, 0.5) is 4.79 Å². The van der Waals surface area contributed by atoms with E-state index in [4.69, 9.17) is 13.9 Å². The summed E-state index contributed by atoms with van der Waals surface area (Å²) in [4.78, 5) is 39.7. The minimum atomic E-state index is -0.598. The predicted octanol–water partition coefficient (Wildman–Crippen LogP) is 1.72. The SMILES string of the molecule is CCOC(=O)N1CCN(C(=O)c2cc(=O)oc3cc(OC)ccc23)CC1. The van der Waals surface area contributed by atoms with Gasteiger partial charge in [-0.2, -0.15) is 0 Å². The lowest BCUT2D eigenvalue weighted by atomic mass is 10.1. The topological polar surface area (TPSA) is 89.3 Å². The Morgan fingerprint density at radius 3 is 2.46 bits per heavy atom. The lowest BCUT2D eigenvalue weighted by molar-refractivity contribution is 0.0571. The molecule has 26 heavy (non-hydrogen) atoms. The van der Waals surface area contributed by atoms with Crippen LogP contribution in [0.5, 0.6) is 5.75 Å². The fraction of sp³-hybridized carbons (Fsp3) is 0.389. The number of fused-ring (bicyclic) bond motifs is 1. The Kier molecular flexibility index (Phi) is 5.11. The molecule has 0 radical (unpaired) electrons. The molecule has 0 aliphatic carbocycles. The standard InChI is InChI=1S/C18H20N2O6/c1-3-25-18(23)20-8-6-19(7-9-20)17(22)14-11-16(21)26-15-10-12(24-2)4-5-13(14)15/h4-5,10-11H,3,6-9H2,1-2H3. The van der Waals surface area contributed by atoms with Crippen molar-refractivity contribution in [3.63, 3.8) is 0 Å². The molecule has 1 fully saturated rings. The number of rotatable bonds is 3. The van der Waals surface area contributed by atoms with Gasteiger partial charge in [-0.25, -0.2) is 9.59 Å². The minimum absolute atomic E-state index is 0.267. The normalized spacial score (nSPS) is 14.4. The van der Waals surface area contributed by atoms with E-state index in [-0.39, 0.29) is 17.6 Å². The zero-order valence-electron chi connectivity index (χ0n) is 14.7. The average Bonchev–Trinajstić information content (AvgIpc) is 2.66. The van der Waals surface area contributed by atoms with E-state index in [2.05, 4.69) is 0 Å². The molecule has 0 bridgehead atoms. The first-order valence-electron chi connectivity index (χ1n) is 8.36. The van der Waals surface area contributed by atoms with E-state index in [0.717, 1.165) is 0 Å². The van der Waals surface area contributed by atoms with Crippen molar-refractivity contribution in [1.29, 1.82) is 0 Å². The third-order valence-corrected chi connectivity index (χ3v) is 4.27. The highest BCUT2D eigenvalue weighted by Crippen LogP contribution is 2.23. The van der Waals surface area contributed by atoms with Gasteiger partial charge in [-0.05, 0) is 19.1 Å². The smallest absolute Gasteiger partial charge is 0.409 e. The Bertz CT molecular complexity index is 883. The lowest BCUT2D eigenvalue weighted by Crippen LogP contribution is -2.50. The molecule has 8 nitrogen and oxygen atoms in total. The van der Waals surface area contributed by atoms with Gasteiger partial charge in [0.1, 0.15) is 11.3 Å². The first-order chi connectivity index (χ1) is 12.5. The van der Waals surface area contributed by atoms with Crippen LogP contribution >= 0.6 is 0 Å². The van der Waals surface area contributed by atoms with Crippen molar-refractivity contribution < 1.29 is 23.5 Å². The lowest BCUT2D eigenvalue weighted by Gasteiger charge is -2.34. The molecule has 2 amide bonds. The van der Waals surface area contributed by atoms with Crippen LogP contribution in [0.3, 0.4) is 0 Å². The predicted molar refractivity (Wildman–Crippen MR) is 93.5 cm³/mol. The number of amides is 2. The highest BCUT2D eigenvalue weighted by molar-refractivity contribution is 6.05. The summed E-state index contributed by atoms with van der Waals surface area (Å²) in [7, 11) is 1.51. The van der Waals surface area contributed by atoms with Crippen molar-refractivity contribution in [2.75, 3.05) is 39.9 Å². The summed E-state index contributed by atoms with van der Waals surface area (Å²) in [6, 6.07) is 6.18. The molecule has 1 aromatic heterocycles. The second kappa shape index (κ2) is 7.47. The van der Waals surface area contributed by atoms with Gasteiger partial charge in [0.05, 0.1) is 19.3 Å². The van der Waals surface area contributed by atoms with Gasteiger partial charge in [0, 0.05) is 43.7 Å². The molecule has 1 aromatic carbocycles. The van der Waals surface area contributed by atoms with E-state index in [0.29, 0.717) is 49.5 Å². The summed E-state index contributed by atoms with van der Waals surface area (Å²) < 4.78 is 15.3. The van der Waals surface area contributed by atoms with E-state index in [1.165, 1.54) is 13.2 Å². The van der Waals surface area contributed by atoms with Gasteiger partial charge < -0.3 is 23.7 Å². The second-order valence-electron chi connectivity index (χ2n) is 5.82. The molecular weight excluding hydrogens is 340 g/mol. The van der Waals surface area contributed by atoms with Crippen molar-refractivity contribution in [2.24, 2.45) is 0 Å². The Hall–Kier alpha value is -3.03. The van der Waals surface area contributed by atoms with Crippen molar-refractivity contribution in [3.05, 3.63) is 40.2 Å². The Morgan fingerprint density at radius 1 is 1.12 bits per heavy atom. The van der Waals surface area contributed by atoms with E-state index in [1.807, 2.05) is 0 Å². The zero-order valence-corrected chi connectivity index (χ0v) is 14.7. The molecule has 2 aromatic rings. The fourth-order valence-corrected chi connectivity index (χ4v) is 2.92. The summed E-state index contributed by atoms with van der Waals surface area (Å²) in [5.74, 6) is 0.268. The second-order valence-corrected chi connectivity index (χ2v) is 5.82. The molecule has 1 saturated heterocycles. The van der Waals surface area contributed by atoms with Gasteiger partial charge in [-0.3, -0.25) is 4.79 Å². The van der Waals surface area contributed by atoms with Gasteiger partial charge in [-0.15, -0.1) is 0 Å².